The van der Waals surface area contributed by atoms with Crippen LogP contribution in [0.25, 0.3) is 0 Å². The quantitative estimate of drug-likeness (QED) is 0.808. The maximum atomic E-state index is 11.4. The van der Waals surface area contributed by atoms with Crippen LogP contribution in [-0.2, 0) is 16.4 Å². The highest BCUT2D eigenvalue weighted by Crippen LogP contribution is 2.12. The first-order chi connectivity index (χ1) is 7.55. The van der Waals surface area contributed by atoms with E-state index in [0.29, 0.717) is 11.4 Å². The lowest BCUT2D eigenvalue weighted by atomic mass is 10.2. The molecule has 1 aromatic carbocycles. The van der Waals surface area contributed by atoms with Crippen LogP contribution < -0.4 is 0 Å². The summed E-state index contributed by atoms with van der Waals surface area (Å²) in [6, 6.07) is 8.74. The highest BCUT2D eigenvalue weighted by atomic mass is 32.2. The molecule has 0 amide bonds. The minimum absolute atomic E-state index is 0.345. The molecule has 84 valence electrons. The number of rotatable bonds is 3. The van der Waals surface area contributed by atoms with E-state index >= 15 is 0 Å². The third-order valence-corrected chi connectivity index (χ3v) is 3.34. The van der Waals surface area contributed by atoms with E-state index in [-0.39, 0.29) is 0 Å². The second-order valence-electron chi connectivity index (χ2n) is 3.62. The number of hydrogen-bond acceptors (Lipinski definition) is 3. The lowest BCUT2D eigenvalue weighted by Crippen LogP contribution is -2.02. The van der Waals surface area contributed by atoms with Gasteiger partial charge in [-0.2, -0.15) is 5.10 Å². The molecule has 0 spiro atoms. The lowest BCUT2D eigenvalue weighted by molar-refractivity contribution is 0.601. The third kappa shape index (κ3) is 2.49. The van der Waals surface area contributed by atoms with E-state index in [2.05, 4.69) is 5.10 Å². The number of hydrogen-bond donors (Lipinski definition) is 0. The van der Waals surface area contributed by atoms with Crippen LogP contribution in [0.3, 0.4) is 0 Å². The van der Waals surface area contributed by atoms with Crippen molar-refractivity contribution in [3.8, 4) is 0 Å². The first kappa shape index (κ1) is 10.9. The minimum atomic E-state index is -3.13. The molecule has 0 atom stereocenters. The van der Waals surface area contributed by atoms with Crippen LogP contribution >= 0.6 is 0 Å². The van der Waals surface area contributed by atoms with E-state index in [0.717, 1.165) is 5.56 Å². The summed E-state index contributed by atoms with van der Waals surface area (Å²) in [6.07, 6.45) is 4.74. The van der Waals surface area contributed by atoms with Crippen molar-refractivity contribution in [3.05, 3.63) is 48.3 Å². The average molecular weight is 236 g/mol. The van der Waals surface area contributed by atoms with E-state index in [4.69, 9.17) is 0 Å². The Labute approximate surface area is 94.5 Å². The van der Waals surface area contributed by atoms with Gasteiger partial charge in [-0.15, -0.1) is 0 Å². The van der Waals surface area contributed by atoms with Gasteiger partial charge in [-0.1, -0.05) is 12.1 Å². The van der Waals surface area contributed by atoms with Crippen molar-refractivity contribution in [3.63, 3.8) is 0 Å². The van der Waals surface area contributed by atoms with Crippen LogP contribution in [0.15, 0.2) is 47.6 Å². The fraction of sp³-hybridized carbons (Fsp3) is 0.182. The zero-order valence-electron chi connectivity index (χ0n) is 8.87. The minimum Gasteiger partial charge on any atom is -0.268 e. The van der Waals surface area contributed by atoms with Crippen LogP contribution in [0.4, 0.5) is 0 Å². The molecule has 0 aliphatic rings. The van der Waals surface area contributed by atoms with E-state index in [9.17, 15) is 8.42 Å². The Balaban J connectivity index is 2.30. The Bertz CT molecular complexity index is 574. The SMILES string of the molecule is CS(=O)(=O)c1cccc(Cn2cccn2)c1. The second-order valence-corrected chi connectivity index (χ2v) is 5.64. The number of sulfone groups is 1. The van der Waals surface area contributed by atoms with E-state index < -0.39 is 9.84 Å². The molecule has 0 aliphatic carbocycles. The third-order valence-electron chi connectivity index (χ3n) is 2.23. The van der Waals surface area contributed by atoms with Gasteiger partial charge in [0, 0.05) is 18.6 Å². The van der Waals surface area contributed by atoms with Gasteiger partial charge in [0.1, 0.15) is 0 Å². The van der Waals surface area contributed by atoms with Gasteiger partial charge in [0.25, 0.3) is 0 Å². The molecule has 0 N–H and O–H groups in total. The molecule has 0 saturated carbocycles. The van der Waals surface area contributed by atoms with Gasteiger partial charge < -0.3 is 0 Å². The molecule has 0 aliphatic heterocycles. The van der Waals surface area contributed by atoms with E-state index in [1.165, 1.54) is 6.26 Å². The molecule has 16 heavy (non-hydrogen) atoms. The lowest BCUT2D eigenvalue weighted by Gasteiger charge is -2.04. The maximum absolute atomic E-state index is 11.4. The summed E-state index contributed by atoms with van der Waals surface area (Å²) in [4.78, 5) is 0.345. The summed E-state index contributed by atoms with van der Waals surface area (Å²) in [5.74, 6) is 0. The molecule has 0 fully saturated rings. The van der Waals surface area contributed by atoms with Crippen molar-refractivity contribution >= 4 is 9.84 Å². The largest absolute Gasteiger partial charge is 0.268 e. The Morgan fingerprint density at radius 3 is 2.75 bits per heavy atom. The van der Waals surface area contributed by atoms with E-state index in [1.807, 2.05) is 18.3 Å². The van der Waals surface area contributed by atoms with Gasteiger partial charge in [-0.25, -0.2) is 8.42 Å². The predicted octanol–water partition coefficient (Wildman–Crippen LogP) is 1.33. The fourth-order valence-corrected chi connectivity index (χ4v) is 2.15. The summed E-state index contributed by atoms with van der Waals surface area (Å²) in [7, 11) is -3.13. The van der Waals surface area contributed by atoms with Crippen LogP contribution in [0.5, 0.6) is 0 Å². The molecule has 2 aromatic rings. The van der Waals surface area contributed by atoms with Gasteiger partial charge in [-0.3, -0.25) is 4.68 Å². The van der Waals surface area contributed by atoms with Crippen molar-refractivity contribution in [2.24, 2.45) is 0 Å². The van der Waals surface area contributed by atoms with Crippen LogP contribution in [0, 0.1) is 0 Å². The number of nitrogens with zero attached hydrogens (tertiary/aromatic N) is 2. The first-order valence-corrected chi connectivity index (χ1v) is 6.71. The van der Waals surface area contributed by atoms with Gasteiger partial charge in [0.15, 0.2) is 9.84 Å². The summed E-state index contributed by atoms with van der Waals surface area (Å²) in [6.45, 7) is 0.580. The molecule has 0 unspecified atom stereocenters. The van der Waals surface area contributed by atoms with Crippen LogP contribution in [0.2, 0.25) is 0 Å². The van der Waals surface area contributed by atoms with Crippen LogP contribution in [-0.4, -0.2) is 24.5 Å². The molecule has 5 heteroatoms. The first-order valence-electron chi connectivity index (χ1n) is 4.82. The molecule has 1 aromatic heterocycles. The van der Waals surface area contributed by atoms with Gasteiger partial charge in [-0.05, 0) is 23.8 Å². The Hall–Kier alpha value is -1.62. The Morgan fingerprint density at radius 1 is 1.31 bits per heavy atom. The zero-order chi connectivity index (χ0) is 11.6. The summed E-state index contributed by atoms with van der Waals surface area (Å²) in [5.41, 5.74) is 0.923. The summed E-state index contributed by atoms with van der Waals surface area (Å²) in [5, 5.41) is 4.07. The van der Waals surface area contributed by atoms with Gasteiger partial charge >= 0.3 is 0 Å². The van der Waals surface area contributed by atoms with Crippen molar-refractivity contribution in [1.29, 1.82) is 0 Å². The fourth-order valence-electron chi connectivity index (χ4n) is 1.46. The topological polar surface area (TPSA) is 52.0 Å². The second kappa shape index (κ2) is 4.09. The summed E-state index contributed by atoms with van der Waals surface area (Å²) >= 11 is 0. The van der Waals surface area contributed by atoms with Gasteiger partial charge in [0.05, 0.1) is 11.4 Å². The molecule has 2 rings (SSSR count). The summed E-state index contributed by atoms with van der Waals surface area (Å²) < 4.78 is 24.5. The molecule has 0 bridgehead atoms. The Kier molecular flexibility index (Phi) is 2.78. The monoisotopic (exact) mass is 236 g/mol. The molecular weight excluding hydrogens is 224 g/mol. The molecule has 0 saturated heterocycles. The normalized spacial score (nSPS) is 11.6. The van der Waals surface area contributed by atoms with E-state index in [1.54, 1.807) is 29.1 Å². The number of aromatic nitrogens is 2. The standard InChI is InChI=1S/C11H12N2O2S/c1-16(14,15)11-5-2-4-10(8-11)9-13-7-3-6-12-13/h2-8H,9H2,1H3. The van der Waals surface area contributed by atoms with Gasteiger partial charge in [0.2, 0.25) is 0 Å². The van der Waals surface area contributed by atoms with Crippen LogP contribution in [0.1, 0.15) is 5.56 Å². The predicted molar refractivity (Wildman–Crippen MR) is 60.9 cm³/mol. The van der Waals surface area contributed by atoms with Crippen molar-refractivity contribution < 1.29 is 8.42 Å². The maximum Gasteiger partial charge on any atom is 0.175 e. The van der Waals surface area contributed by atoms with Crippen molar-refractivity contribution in [1.82, 2.24) is 9.78 Å². The average Bonchev–Trinajstić information content (AvgIpc) is 2.70. The molecule has 0 radical (unpaired) electrons. The molecule has 4 nitrogen and oxygen atoms in total. The highest BCUT2D eigenvalue weighted by Gasteiger charge is 2.07. The Morgan fingerprint density at radius 2 is 2.12 bits per heavy atom. The smallest absolute Gasteiger partial charge is 0.175 e. The highest BCUT2D eigenvalue weighted by molar-refractivity contribution is 7.90. The van der Waals surface area contributed by atoms with Crippen molar-refractivity contribution in [2.75, 3.05) is 6.26 Å². The molecular formula is C11H12N2O2S. The van der Waals surface area contributed by atoms with Crippen molar-refractivity contribution in [2.45, 2.75) is 11.4 Å². The molecule has 1 heterocycles. The zero-order valence-corrected chi connectivity index (χ0v) is 9.68. The number of benzene rings is 1.